The third kappa shape index (κ3) is 2.34. The van der Waals surface area contributed by atoms with Crippen LogP contribution < -0.4 is 11.1 Å². The summed E-state index contributed by atoms with van der Waals surface area (Å²) in [6, 6.07) is 8.69. The molecule has 0 atom stereocenters. The van der Waals surface area contributed by atoms with Crippen molar-refractivity contribution in [2.45, 2.75) is 0 Å². The maximum atomic E-state index is 11.2. The van der Waals surface area contributed by atoms with E-state index in [9.17, 15) is 4.79 Å². The summed E-state index contributed by atoms with van der Waals surface area (Å²) in [5.41, 5.74) is 6.28. The summed E-state index contributed by atoms with van der Waals surface area (Å²) in [5, 5.41) is 12.8. The van der Waals surface area contributed by atoms with Gasteiger partial charge in [0, 0.05) is 18.5 Å². The quantitative estimate of drug-likeness (QED) is 0.738. The maximum Gasteiger partial charge on any atom is 0.336 e. The number of pyridine rings is 1. The molecule has 17 heavy (non-hydrogen) atoms. The van der Waals surface area contributed by atoms with E-state index in [0.29, 0.717) is 29.8 Å². The number of nitrogens with zero attached hydrogens (tertiary/aromatic N) is 1. The fourth-order valence-corrected chi connectivity index (χ4v) is 1.64. The molecule has 0 bridgehead atoms. The summed E-state index contributed by atoms with van der Waals surface area (Å²) < 4.78 is 0. The molecule has 0 fully saturated rings. The first-order valence-corrected chi connectivity index (χ1v) is 5.29. The Bertz CT molecular complexity index is 554. The van der Waals surface area contributed by atoms with Gasteiger partial charge in [-0.3, -0.25) is 0 Å². The largest absolute Gasteiger partial charge is 0.478 e. The second kappa shape index (κ2) is 4.80. The molecule has 1 aromatic heterocycles. The molecule has 2 rings (SSSR count). The van der Waals surface area contributed by atoms with E-state index in [-0.39, 0.29) is 5.56 Å². The van der Waals surface area contributed by atoms with Crippen molar-refractivity contribution in [2.75, 3.05) is 18.4 Å². The number of rotatable bonds is 4. The minimum absolute atomic E-state index is 0.245. The molecule has 0 aliphatic carbocycles. The lowest BCUT2D eigenvalue weighted by Crippen LogP contribution is -2.14. The van der Waals surface area contributed by atoms with Gasteiger partial charge in [-0.25, -0.2) is 9.78 Å². The second-order valence-electron chi connectivity index (χ2n) is 3.59. The number of aromatic nitrogens is 1. The number of nitrogens with two attached hydrogens (primary N) is 1. The summed E-state index contributed by atoms with van der Waals surface area (Å²) in [7, 11) is 0. The van der Waals surface area contributed by atoms with Crippen LogP contribution in [0.15, 0.2) is 30.3 Å². The zero-order chi connectivity index (χ0) is 12.3. The number of carboxylic acid groups (broad SMARTS) is 1. The molecule has 0 saturated carbocycles. The number of nitrogens with one attached hydrogen (secondary N) is 1. The van der Waals surface area contributed by atoms with Gasteiger partial charge in [0.25, 0.3) is 0 Å². The van der Waals surface area contributed by atoms with E-state index in [4.69, 9.17) is 10.8 Å². The summed E-state index contributed by atoms with van der Waals surface area (Å²) in [6.45, 7) is 1.03. The van der Waals surface area contributed by atoms with Gasteiger partial charge in [0.15, 0.2) is 0 Å². The topological polar surface area (TPSA) is 88.2 Å². The molecule has 0 saturated heterocycles. The van der Waals surface area contributed by atoms with Crippen LogP contribution in [-0.2, 0) is 0 Å². The molecule has 5 nitrogen and oxygen atoms in total. The summed E-state index contributed by atoms with van der Waals surface area (Å²) >= 11 is 0. The normalized spacial score (nSPS) is 10.4. The van der Waals surface area contributed by atoms with Crippen LogP contribution in [0, 0.1) is 0 Å². The molecule has 0 radical (unpaired) electrons. The number of hydrogen-bond acceptors (Lipinski definition) is 4. The summed E-state index contributed by atoms with van der Waals surface area (Å²) in [5.74, 6) is -0.425. The van der Waals surface area contributed by atoms with Gasteiger partial charge < -0.3 is 16.2 Å². The average molecular weight is 231 g/mol. The van der Waals surface area contributed by atoms with E-state index < -0.39 is 5.97 Å². The predicted octanol–water partition coefficient (Wildman–Crippen LogP) is 1.30. The molecule has 4 N–H and O–H groups in total. The Kier molecular flexibility index (Phi) is 3.20. The molecule has 0 aliphatic rings. The van der Waals surface area contributed by atoms with Crippen LogP contribution in [0.25, 0.3) is 10.9 Å². The molecule has 0 spiro atoms. The van der Waals surface area contributed by atoms with Gasteiger partial charge in [0.1, 0.15) is 5.82 Å². The third-order valence-corrected chi connectivity index (χ3v) is 2.40. The van der Waals surface area contributed by atoms with Crippen molar-refractivity contribution in [3.8, 4) is 0 Å². The molecule has 1 heterocycles. The Morgan fingerprint density at radius 2 is 2.18 bits per heavy atom. The van der Waals surface area contributed by atoms with Crippen molar-refractivity contribution < 1.29 is 9.90 Å². The van der Waals surface area contributed by atoms with Crippen molar-refractivity contribution in [3.05, 3.63) is 35.9 Å². The molecule has 88 valence electrons. The summed E-state index contributed by atoms with van der Waals surface area (Å²) in [6.07, 6.45) is 0. The average Bonchev–Trinajstić information content (AvgIpc) is 2.35. The first-order chi connectivity index (χ1) is 8.22. The van der Waals surface area contributed by atoms with E-state index in [1.165, 1.54) is 6.07 Å². The van der Waals surface area contributed by atoms with E-state index in [1.807, 2.05) is 6.07 Å². The van der Waals surface area contributed by atoms with Crippen molar-refractivity contribution in [1.29, 1.82) is 0 Å². The van der Waals surface area contributed by atoms with Gasteiger partial charge in [-0.1, -0.05) is 18.2 Å². The van der Waals surface area contributed by atoms with Crippen LogP contribution in [0.5, 0.6) is 0 Å². The van der Waals surface area contributed by atoms with Crippen molar-refractivity contribution >= 4 is 22.7 Å². The van der Waals surface area contributed by atoms with Crippen LogP contribution >= 0.6 is 0 Å². The lowest BCUT2D eigenvalue weighted by atomic mass is 10.1. The van der Waals surface area contributed by atoms with E-state index in [0.717, 1.165) is 0 Å². The standard InChI is InChI=1S/C12H13N3O2/c13-5-6-14-11-7-9(12(16)17)8-3-1-2-4-10(8)15-11/h1-4,7H,5-6,13H2,(H,14,15)(H,16,17). The van der Waals surface area contributed by atoms with Crippen molar-refractivity contribution in [1.82, 2.24) is 4.98 Å². The van der Waals surface area contributed by atoms with E-state index >= 15 is 0 Å². The van der Waals surface area contributed by atoms with Gasteiger partial charge in [-0.05, 0) is 12.1 Å². The smallest absolute Gasteiger partial charge is 0.336 e. The zero-order valence-electron chi connectivity index (χ0n) is 9.18. The Balaban J connectivity index is 2.55. The number of benzene rings is 1. The second-order valence-corrected chi connectivity index (χ2v) is 3.59. The van der Waals surface area contributed by atoms with Crippen LogP contribution in [0.4, 0.5) is 5.82 Å². The lowest BCUT2D eigenvalue weighted by molar-refractivity contribution is 0.0699. The van der Waals surface area contributed by atoms with Crippen molar-refractivity contribution in [2.24, 2.45) is 5.73 Å². The van der Waals surface area contributed by atoms with Gasteiger partial charge >= 0.3 is 5.97 Å². The first kappa shape index (κ1) is 11.3. The van der Waals surface area contributed by atoms with Crippen LogP contribution in [0.2, 0.25) is 0 Å². The van der Waals surface area contributed by atoms with Gasteiger partial charge in [-0.15, -0.1) is 0 Å². The Hall–Kier alpha value is -2.14. The van der Waals surface area contributed by atoms with E-state index in [2.05, 4.69) is 10.3 Å². The van der Waals surface area contributed by atoms with Gasteiger partial charge in [-0.2, -0.15) is 0 Å². The number of hydrogen-bond donors (Lipinski definition) is 3. The SMILES string of the molecule is NCCNc1cc(C(=O)O)c2ccccc2n1. The fourth-order valence-electron chi connectivity index (χ4n) is 1.64. The van der Waals surface area contributed by atoms with Gasteiger partial charge in [0.2, 0.25) is 0 Å². The Morgan fingerprint density at radius 3 is 2.88 bits per heavy atom. The molecular weight excluding hydrogens is 218 g/mol. The Morgan fingerprint density at radius 1 is 1.41 bits per heavy atom. The number of para-hydroxylation sites is 1. The minimum atomic E-state index is -0.959. The summed E-state index contributed by atoms with van der Waals surface area (Å²) in [4.78, 5) is 15.5. The molecule has 1 aromatic carbocycles. The number of anilines is 1. The highest BCUT2D eigenvalue weighted by atomic mass is 16.4. The van der Waals surface area contributed by atoms with Crippen LogP contribution in [0.3, 0.4) is 0 Å². The molecule has 0 amide bonds. The Labute approximate surface area is 98.3 Å². The molecule has 0 unspecified atom stereocenters. The number of aromatic carboxylic acids is 1. The van der Waals surface area contributed by atoms with E-state index in [1.54, 1.807) is 18.2 Å². The monoisotopic (exact) mass is 231 g/mol. The highest BCUT2D eigenvalue weighted by molar-refractivity contribution is 6.03. The molecular formula is C12H13N3O2. The lowest BCUT2D eigenvalue weighted by Gasteiger charge is -2.08. The van der Waals surface area contributed by atoms with Crippen LogP contribution in [-0.4, -0.2) is 29.1 Å². The maximum absolute atomic E-state index is 11.2. The fraction of sp³-hybridized carbons (Fsp3) is 0.167. The van der Waals surface area contributed by atoms with Crippen molar-refractivity contribution in [3.63, 3.8) is 0 Å². The third-order valence-electron chi connectivity index (χ3n) is 2.40. The molecule has 2 aromatic rings. The molecule has 0 aliphatic heterocycles. The molecule has 5 heteroatoms. The van der Waals surface area contributed by atoms with Crippen LogP contribution in [0.1, 0.15) is 10.4 Å². The number of carbonyl (C=O) groups is 1. The number of fused-ring (bicyclic) bond motifs is 1. The first-order valence-electron chi connectivity index (χ1n) is 5.29. The zero-order valence-corrected chi connectivity index (χ0v) is 9.18. The minimum Gasteiger partial charge on any atom is -0.478 e. The van der Waals surface area contributed by atoms with Gasteiger partial charge in [0.05, 0.1) is 11.1 Å². The predicted molar refractivity (Wildman–Crippen MR) is 66.2 cm³/mol. The number of carboxylic acids is 1. The highest BCUT2D eigenvalue weighted by Crippen LogP contribution is 2.20. The highest BCUT2D eigenvalue weighted by Gasteiger charge is 2.10.